The molecule has 0 atom stereocenters. The van der Waals surface area contributed by atoms with Crippen LogP contribution in [0.5, 0.6) is 0 Å². The number of nitrogens with zero attached hydrogens (tertiary/aromatic N) is 3. The molecule has 0 saturated heterocycles. The highest BCUT2D eigenvalue weighted by Gasteiger charge is 2.19. The average Bonchev–Trinajstić information content (AvgIpc) is 3.96. The summed E-state index contributed by atoms with van der Waals surface area (Å²) in [6.07, 6.45) is 0. The van der Waals surface area contributed by atoms with Crippen LogP contribution in [0.1, 0.15) is 16.0 Å². The molecule has 3 N–H and O–H groups in total. The van der Waals surface area contributed by atoms with Crippen molar-refractivity contribution in [3.05, 3.63) is 180 Å². The Balaban J connectivity index is 0.000000143. The van der Waals surface area contributed by atoms with Crippen molar-refractivity contribution >= 4 is 95.8 Å². The fraction of sp³-hybridized carbons (Fsp3) is 0.0204. The Labute approximate surface area is 340 Å². The molecule has 272 valence electrons. The van der Waals surface area contributed by atoms with Gasteiger partial charge in [-0.25, -0.2) is 15.0 Å². The highest BCUT2D eigenvalue weighted by molar-refractivity contribution is 7.26. The van der Waals surface area contributed by atoms with E-state index in [1.807, 2.05) is 102 Å². The number of fused-ring (bicyclic) bond motifs is 7. The largest absolute Gasteiger partial charge is 0.397 e. The van der Waals surface area contributed by atoms with E-state index < -0.39 is 0 Å². The van der Waals surface area contributed by atoms with Gasteiger partial charge in [-0.3, -0.25) is 5.41 Å². The normalized spacial score (nSPS) is 11.4. The van der Waals surface area contributed by atoms with Crippen molar-refractivity contribution in [1.82, 2.24) is 15.0 Å². The van der Waals surface area contributed by atoms with Crippen LogP contribution in [0.15, 0.2) is 164 Å². The van der Waals surface area contributed by atoms with E-state index >= 15 is 0 Å². The molecule has 11 aromatic rings. The third kappa shape index (κ3) is 6.24. The predicted octanol–water partition coefficient (Wildman–Crippen LogP) is 13.8. The molecule has 0 fully saturated rings. The predicted molar refractivity (Wildman–Crippen MR) is 245 cm³/mol. The van der Waals surface area contributed by atoms with Crippen molar-refractivity contribution in [2.75, 3.05) is 5.73 Å². The number of nitrogen functional groups attached to an aromatic ring is 1. The molecule has 0 radical (unpaired) electrons. The van der Waals surface area contributed by atoms with E-state index in [4.69, 9.17) is 26.1 Å². The summed E-state index contributed by atoms with van der Waals surface area (Å²) in [6, 6.07) is 55.8. The van der Waals surface area contributed by atoms with E-state index in [0.29, 0.717) is 28.9 Å². The lowest BCUT2D eigenvalue weighted by molar-refractivity contribution is 1.08. The number of aryl methyl sites for hydroxylation is 1. The van der Waals surface area contributed by atoms with E-state index in [-0.39, 0.29) is 0 Å². The van der Waals surface area contributed by atoms with Crippen LogP contribution in [-0.4, -0.2) is 20.7 Å². The van der Waals surface area contributed by atoms with Crippen LogP contribution in [-0.2, 0) is 0 Å². The first-order valence-corrected chi connectivity index (χ1v) is 21.0. The topological polar surface area (TPSA) is 88.5 Å². The Morgan fingerprint density at radius 2 is 1.00 bits per heavy atom. The van der Waals surface area contributed by atoms with Crippen LogP contribution < -0.4 is 5.73 Å². The smallest absolute Gasteiger partial charge is 0.164 e. The molecule has 4 aromatic heterocycles. The first kappa shape index (κ1) is 34.9. The van der Waals surface area contributed by atoms with Crippen molar-refractivity contribution in [1.29, 1.82) is 5.41 Å². The second kappa shape index (κ2) is 14.5. The number of nitrogens with two attached hydrogens (primary N) is 1. The summed E-state index contributed by atoms with van der Waals surface area (Å²) in [7, 11) is 0. The van der Waals surface area contributed by atoms with Gasteiger partial charge in [0, 0.05) is 72.7 Å². The second-order valence-electron chi connectivity index (χ2n) is 13.8. The standard InChI is InChI=1S/C28H19N3S.C21H14N2S2/c1-18-10-8-16-22-24(18)25-21(15-9-17-23(25)32-22)28-30-26(19-11-4-2-5-12-19)29-27(31-28)20-13-6-3-7-14-20;22-18-14-7-2-4-11-17(14)25-21(18)19(23)15-9-5-8-13-12-6-1-3-10-16(12)24-20(13)15/h2-17H,1H3;1-11,23H,22H2. The Bertz CT molecular complexity index is 3230. The average molecular weight is 788 g/mol. The Kier molecular flexibility index (Phi) is 8.87. The van der Waals surface area contributed by atoms with Crippen LogP contribution in [0.25, 0.3) is 84.6 Å². The van der Waals surface area contributed by atoms with Crippen LogP contribution in [0.4, 0.5) is 5.69 Å². The number of anilines is 1. The van der Waals surface area contributed by atoms with Gasteiger partial charge in [0.25, 0.3) is 0 Å². The minimum Gasteiger partial charge on any atom is -0.397 e. The molecule has 7 aromatic carbocycles. The molecule has 0 aliphatic carbocycles. The quantitative estimate of drug-likeness (QED) is 0.170. The lowest BCUT2D eigenvalue weighted by atomic mass is 10.0. The second-order valence-corrected chi connectivity index (χ2v) is 17.0. The molecule has 0 aliphatic rings. The van der Waals surface area contributed by atoms with Gasteiger partial charge in [0.05, 0.1) is 16.3 Å². The van der Waals surface area contributed by atoms with E-state index in [9.17, 15) is 0 Å². The third-order valence-corrected chi connectivity index (χ3v) is 13.7. The fourth-order valence-corrected chi connectivity index (χ4v) is 11.0. The molecule has 0 spiro atoms. The zero-order valence-electron chi connectivity index (χ0n) is 30.7. The lowest BCUT2D eigenvalue weighted by Crippen LogP contribution is -2.02. The van der Waals surface area contributed by atoms with Gasteiger partial charge in [0.15, 0.2) is 17.5 Å². The molecule has 0 saturated carbocycles. The van der Waals surface area contributed by atoms with E-state index in [1.165, 1.54) is 41.2 Å². The first-order valence-electron chi connectivity index (χ1n) is 18.6. The molecule has 0 aliphatic heterocycles. The van der Waals surface area contributed by atoms with Crippen molar-refractivity contribution in [2.24, 2.45) is 0 Å². The molecule has 8 heteroatoms. The van der Waals surface area contributed by atoms with Crippen LogP contribution in [0, 0.1) is 12.3 Å². The maximum Gasteiger partial charge on any atom is 0.164 e. The maximum atomic E-state index is 8.84. The zero-order valence-corrected chi connectivity index (χ0v) is 33.2. The zero-order chi connectivity index (χ0) is 38.5. The van der Waals surface area contributed by atoms with Gasteiger partial charge in [-0.1, -0.05) is 140 Å². The monoisotopic (exact) mass is 787 g/mol. The fourth-order valence-electron chi connectivity index (χ4n) is 7.47. The van der Waals surface area contributed by atoms with Gasteiger partial charge in [-0.05, 0) is 36.8 Å². The minimum absolute atomic E-state index is 0.510. The van der Waals surface area contributed by atoms with Gasteiger partial charge in [0.2, 0.25) is 0 Å². The Morgan fingerprint density at radius 1 is 0.474 bits per heavy atom. The Morgan fingerprint density at radius 3 is 1.68 bits per heavy atom. The maximum absolute atomic E-state index is 8.84. The summed E-state index contributed by atoms with van der Waals surface area (Å²) in [5, 5.41) is 14.8. The minimum atomic E-state index is 0.510. The highest BCUT2D eigenvalue weighted by atomic mass is 32.1. The van der Waals surface area contributed by atoms with E-state index in [1.54, 1.807) is 22.7 Å². The SMILES string of the molecule is Cc1cccc2sc3cccc(-c4nc(-c5ccccc5)nc(-c5ccccc5)n4)c3c12.N=C(c1sc2ccccc2c1N)c1cccc2c1sc1ccccc12. The molecule has 4 heterocycles. The van der Waals surface area contributed by atoms with Crippen LogP contribution >= 0.6 is 34.0 Å². The van der Waals surface area contributed by atoms with Gasteiger partial charge in [-0.15, -0.1) is 34.0 Å². The molecule has 0 amide bonds. The summed E-state index contributed by atoms with van der Waals surface area (Å²) in [6.45, 7) is 2.17. The van der Waals surface area contributed by atoms with Gasteiger partial charge in [0.1, 0.15) is 0 Å². The number of benzene rings is 7. The van der Waals surface area contributed by atoms with Crippen molar-refractivity contribution in [3.8, 4) is 34.2 Å². The number of rotatable bonds is 5. The summed E-state index contributed by atoms with van der Waals surface area (Å²) in [4.78, 5) is 15.6. The molecular formula is C49H33N5S3. The number of aromatic nitrogens is 3. The van der Waals surface area contributed by atoms with Crippen molar-refractivity contribution in [3.63, 3.8) is 0 Å². The number of hydrogen-bond acceptors (Lipinski definition) is 8. The third-order valence-electron chi connectivity index (χ3n) is 10.2. The Hall–Kier alpha value is -6.58. The van der Waals surface area contributed by atoms with Gasteiger partial charge < -0.3 is 5.73 Å². The molecule has 5 nitrogen and oxygen atoms in total. The summed E-state index contributed by atoms with van der Waals surface area (Å²) in [5.41, 5.74) is 12.8. The highest BCUT2D eigenvalue weighted by Crippen LogP contribution is 2.42. The van der Waals surface area contributed by atoms with Gasteiger partial charge >= 0.3 is 0 Å². The molecule has 0 bridgehead atoms. The molecule has 11 rings (SSSR count). The lowest BCUT2D eigenvalue weighted by Gasteiger charge is -2.10. The number of hydrogen-bond donors (Lipinski definition) is 2. The summed E-state index contributed by atoms with van der Waals surface area (Å²) < 4.78 is 6.07. The van der Waals surface area contributed by atoms with Crippen molar-refractivity contribution in [2.45, 2.75) is 6.92 Å². The molecular weight excluding hydrogens is 755 g/mol. The van der Waals surface area contributed by atoms with Gasteiger partial charge in [-0.2, -0.15) is 0 Å². The van der Waals surface area contributed by atoms with E-state index in [0.717, 1.165) is 41.9 Å². The number of thiophene rings is 3. The van der Waals surface area contributed by atoms with E-state index in [2.05, 4.69) is 79.7 Å². The van der Waals surface area contributed by atoms with Crippen LogP contribution in [0.2, 0.25) is 0 Å². The van der Waals surface area contributed by atoms with Crippen LogP contribution in [0.3, 0.4) is 0 Å². The molecule has 57 heavy (non-hydrogen) atoms. The first-order chi connectivity index (χ1) is 28.0. The summed E-state index contributed by atoms with van der Waals surface area (Å²) >= 11 is 5.16. The summed E-state index contributed by atoms with van der Waals surface area (Å²) in [5.74, 6) is 2.07. The number of nitrogens with one attached hydrogen (secondary N) is 1. The van der Waals surface area contributed by atoms with Crippen molar-refractivity contribution < 1.29 is 0 Å². The molecule has 0 unspecified atom stereocenters.